The quantitative estimate of drug-likeness (QED) is 0.243. The van der Waals surface area contributed by atoms with E-state index in [9.17, 15) is 15.0 Å². The van der Waals surface area contributed by atoms with Gasteiger partial charge in [-0.2, -0.15) is 0 Å². The molecule has 0 heterocycles. The fourth-order valence-corrected chi connectivity index (χ4v) is 4.07. The lowest BCUT2D eigenvalue weighted by Gasteiger charge is -2.19. The highest BCUT2D eigenvalue weighted by Gasteiger charge is 2.29. The zero-order valence-electron chi connectivity index (χ0n) is 18.7. The third-order valence-corrected chi connectivity index (χ3v) is 5.74. The molecule has 0 aromatic carbocycles. The maximum atomic E-state index is 11.3. The largest absolute Gasteiger partial charge is 0.466 e. The number of carbonyl (C=O) groups is 1. The Bertz CT molecular complexity index is 464. The molecule has 1 saturated carbocycles. The van der Waals surface area contributed by atoms with E-state index in [1.54, 1.807) is 0 Å². The van der Waals surface area contributed by atoms with E-state index in [0.29, 0.717) is 24.9 Å². The maximum absolute atomic E-state index is 11.3. The van der Waals surface area contributed by atoms with Crippen LogP contribution in [0.3, 0.4) is 0 Å². The summed E-state index contributed by atoms with van der Waals surface area (Å²) in [4.78, 5) is 11.3. The Morgan fingerprint density at radius 1 is 1.21 bits per heavy atom. The van der Waals surface area contributed by atoms with Gasteiger partial charge < -0.3 is 14.9 Å². The molecular formula is C24H44O4. The third-order valence-electron chi connectivity index (χ3n) is 5.74. The van der Waals surface area contributed by atoms with Gasteiger partial charge >= 0.3 is 5.97 Å². The van der Waals surface area contributed by atoms with Crippen LogP contribution in [0.5, 0.6) is 0 Å². The molecule has 2 N–H and O–H groups in total. The Labute approximate surface area is 172 Å². The van der Waals surface area contributed by atoms with Crippen molar-refractivity contribution in [3.63, 3.8) is 0 Å². The summed E-state index contributed by atoms with van der Waals surface area (Å²) in [5.74, 6) is 0.159. The highest BCUT2D eigenvalue weighted by atomic mass is 16.5. The van der Waals surface area contributed by atoms with Crippen LogP contribution in [0.4, 0.5) is 0 Å². The van der Waals surface area contributed by atoms with Crippen LogP contribution in [0.2, 0.25) is 0 Å². The Kier molecular flexibility index (Phi) is 12.0. The maximum Gasteiger partial charge on any atom is 0.305 e. The topological polar surface area (TPSA) is 66.8 Å². The molecule has 0 radical (unpaired) electrons. The Hall–Kier alpha value is -0.870. The molecule has 0 aliphatic heterocycles. The molecule has 0 bridgehead atoms. The molecule has 1 rings (SSSR count). The van der Waals surface area contributed by atoms with E-state index in [4.69, 9.17) is 4.74 Å². The van der Waals surface area contributed by atoms with Gasteiger partial charge in [-0.3, -0.25) is 4.79 Å². The van der Waals surface area contributed by atoms with E-state index in [-0.39, 0.29) is 24.1 Å². The van der Waals surface area contributed by atoms with Crippen LogP contribution in [0.25, 0.3) is 0 Å². The highest BCUT2D eigenvalue weighted by Crippen LogP contribution is 2.36. The van der Waals surface area contributed by atoms with Gasteiger partial charge in [-0.05, 0) is 57.3 Å². The molecule has 1 aliphatic rings. The van der Waals surface area contributed by atoms with E-state index in [1.165, 1.54) is 5.57 Å². The summed E-state index contributed by atoms with van der Waals surface area (Å²) < 4.78 is 4.95. The van der Waals surface area contributed by atoms with Crippen LogP contribution in [0.1, 0.15) is 105 Å². The first-order chi connectivity index (χ1) is 13.2. The van der Waals surface area contributed by atoms with Crippen molar-refractivity contribution >= 4 is 5.97 Å². The number of unbranched alkanes of at least 4 members (excludes halogenated alkanes) is 3. The van der Waals surface area contributed by atoms with Gasteiger partial charge in [0.25, 0.3) is 0 Å². The first kappa shape index (κ1) is 25.2. The number of aliphatic hydroxyl groups excluding tert-OH is 2. The Morgan fingerprint density at radius 2 is 1.93 bits per heavy atom. The average Bonchev–Trinajstić information content (AvgIpc) is 2.95. The monoisotopic (exact) mass is 396 g/mol. The summed E-state index contributed by atoms with van der Waals surface area (Å²) in [5.41, 5.74) is 1.67. The van der Waals surface area contributed by atoms with E-state index < -0.39 is 0 Å². The number of aliphatic hydroxyl groups is 2. The molecule has 1 unspecified atom stereocenters. The van der Waals surface area contributed by atoms with E-state index in [1.807, 2.05) is 6.92 Å². The number of esters is 1. The van der Waals surface area contributed by atoms with Gasteiger partial charge in [-0.25, -0.2) is 0 Å². The molecule has 28 heavy (non-hydrogen) atoms. The molecule has 0 aromatic heterocycles. The molecule has 1 fully saturated rings. The van der Waals surface area contributed by atoms with Crippen LogP contribution in [0.15, 0.2) is 11.6 Å². The molecule has 1 aliphatic carbocycles. The zero-order valence-corrected chi connectivity index (χ0v) is 18.7. The predicted molar refractivity (Wildman–Crippen MR) is 115 cm³/mol. The first-order valence-corrected chi connectivity index (χ1v) is 11.4. The number of ether oxygens (including phenoxy) is 1. The van der Waals surface area contributed by atoms with Gasteiger partial charge in [0.2, 0.25) is 0 Å². The highest BCUT2D eigenvalue weighted by molar-refractivity contribution is 5.69. The minimum atomic E-state index is -0.267. The Morgan fingerprint density at radius 3 is 2.61 bits per heavy atom. The van der Waals surface area contributed by atoms with Gasteiger partial charge in [-0.15, -0.1) is 0 Å². The second kappa shape index (κ2) is 13.4. The van der Waals surface area contributed by atoms with Crippen molar-refractivity contribution in [1.82, 2.24) is 0 Å². The fraction of sp³-hybridized carbons (Fsp3) is 0.875. The smallest absolute Gasteiger partial charge is 0.305 e. The molecule has 4 nitrogen and oxygen atoms in total. The summed E-state index contributed by atoms with van der Waals surface area (Å²) in [6, 6.07) is 0. The molecule has 0 saturated heterocycles. The SMILES string of the molecule is CCOC(=O)CCCCCC[C@@H]1C(=CCC(O)CCCC(C)(C)C)CC[C@H]1O. The van der Waals surface area contributed by atoms with Crippen molar-refractivity contribution in [3.05, 3.63) is 11.6 Å². The van der Waals surface area contributed by atoms with Crippen molar-refractivity contribution < 1.29 is 19.7 Å². The van der Waals surface area contributed by atoms with E-state index >= 15 is 0 Å². The lowest BCUT2D eigenvalue weighted by atomic mass is 9.88. The zero-order chi connectivity index (χ0) is 21.0. The molecule has 0 amide bonds. The van der Waals surface area contributed by atoms with Gasteiger partial charge in [0.15, 0.2) is 0 Å². The normalized spacial score (nSPS) is 22.6. The molecule has 164 valence electrons. The predicted octanol–water partition coefficient (Wildman–Crippen LogP) is 5.55. The number of hydrogen-bond acceptors (Lipinski definition) is 4. The van der Waals surface area contributed by atoms with E-state index in [2.05, 4.69) is 26.8 Å². The van der Waals surface area contributed by atoms with Crippen molar-refractivity contribution in [3.8, 4) is 0 Å². The standard InChI is InChI=1S/C24H44O4/c1-5-28-23(27)13-9-7-6-8-12-21-19(15-17-22(21)26)14-16-20(25)11-10-18-24(2,3)4/h14,20-22,25-26H,5-13,15-18H2,1-4H3/t20?,21-,22-/m1/s1. The Balaban J connectivity index is 2.26. The summed E-state index contributed by atoms with van der Waals surface area (Å²) in [6.07, 6.45) is 12.9. The van der Waals surface area contributed by atoms with Crippen molar-refractivity contribution in [1.29, 1.82) is 0 Å². The van der Waals surface area contributed by atoms with Crippen LogP contribution in [-0.2, 0) is 9.53 Å². The van der Waals surface area contributed by atoms with Crippen LogP contribution < -0.4 is 0 Å². The van der Waals surface area contributed by atoms with Crippen molar-refractivity contribution in [2.24, 2.45) is 11.3 Å². The number of hydrogen-bond donors (Lipinski definition) is 2. The lowest BCUT2D eigenvalue weighted by molar-refractivity contribution is -0.143. The molecular weight excluding hydrogens is 352 g/mol. The second-order valence-electron chi connectivity index (χ2n) is 9.59. The average molecular weight is 397 g/mol. The van der Waals surface area contributed by atoms with Crippen LogP contribution >= 0.6 is 0 Å². The minimum Gasteiger partial charge on any atom is -0.466 e. The number of carbonyl (C=O) groups excluding carboxylic acids is 1. The first-order valence-electron chi connectivity index (χ1n) is 11.4. The van der Waals surface area contributed by atoms with Crippen molar-refractivity contribution in [2.45, 2.75) is 117 Å². The summed E-state index contributed by atoms with van der Waals surface area (Å²) >= 11 is 0. The summed E-state index contributed by atoms with van der Waals surface area (Å²) in [7, 11) is 0. The fourth-order valence-electron chi connectivity index (χ4n) is 4.07. The lowest BCUT2D eigenvalue weighted by Crippen LogP contribution is -2.15. The van der Waals surface area contributed by atoms with Gasteiger partial charge in [0.05, 0.1) is 18.8 Å². The summed E-state index contributed by atoms with van der Waals surface area (Å²) in [6.45, 7) is 9.01. The van der Waals surface area contributed by atoms with Gasteiger partial charge in [0.1, 0.15) is 0 Å². The third kappa shape index (κ3) is 11.2. The van der Waals surface area contributed by atoms with Crippen molar-refractivity contribution in [2.75, 3.05) is 6.61 Å². The minimum absolute atomic E-state index is 0.0972. The molecule has 0 spiro atoms. The molecule has 3 atom stereocenters. The molecule has 0 aromatic rings. The van der Waals surface area contributed by atoms with E-state index in [0.717, 1.165) is 64.2 Å². The van der Waals surface area contributed by atoms with Gasteiger partial charge in [-0.1, -0.05) is 58.1 Å². The molecule has 4 heteroatoms. The summed E-state index contributed by atoms with van der Waals surface area (Å²) in [5, 5.41) is 20.6. The number of rotatable bonds is 13. The van der Waals surface area contributed by atoms with Crippen LogP contribution in [-0.4, -0.2) is 35.0 Å². The van der Waals surface area contributed by atoms with Gasteiger partial charge in [0, 0.05) is 12.3 Å². The second-order valence-corrected chi connectivity index (χ2v) is 9.59. The van der Waals surface area contributed by atoms with Crippen LogP contribution in [0, 0.1) is 11.3 Å².